The second-order valence-corrected chi connectivity index (χ2v) is 8.49. The molecule has 6 nitrogen and oxygen atoms in total. The van der Waals surface area contributed by atoms with Gasteiger partial charge in [0.25, 0.3) is 0 Å². The minimum absolute atomic E-state index is 0.236. The molecule has 1 fully saturated rings. The third-order valence-corrected chi connectivity index (χ3v) is 6.12. The van der Waals surface area contributed by atoms with E-state index in [0.717, 1.165) is 45.0 Å². The van der Waals surface area contributed by atoms with Gasteiger partial charge in [-0.15, -0.1) is 0 Å². The van der Waals surface area contributed by atoms with E-state index in [0.29, 0.717) is 21.2 Å². The van der Waals surface area contributed by atoms with Crippen LogP contribution in [0, 0.1) is 0 Å². The van der Waals surface area contributed by atoms with Gasteiger partial charge < -0.3 is 15.0 Å². The molecule has 0 saturated carbocycles. The van der Waals surface area contributed by atoms with Gasteiger partial charge in [-0.05, 0) is 23.8 Å². The molecular weight excluding hydrogens is 427 g/mol. The summed E-state index contributed by atoms with van der Waals surface area (Å²) in [5.41, 5.74) is 1.99. The van der Waals surface area contributed by atoms with E-state index in [9.17, 15) is 13.2 Å². The molecule has 0 atom stereocenters. The summed E-state index contributed by atoms with van der Waals surface area (Å²) in [6.07, 6.45) is -3.41. The molecule has 1 aromatic carbocycles. The number of ether oxygens (including phenoxy) is 1. The van der Waals surface area contributed by atoms with Crippen molar-refractivity contribution in [2.45, 2.75) is 12.6 Å². The normalized spacial score (nSPS) is 15.5. The summed E-state index contributed by atoms with van der Waals surface area (Å²) in [7, 11) is 1.72. The SMILES string of the molecule is COCCN1CCN(c2ccnc(Nc3nc4ccc(CC(F)(F)F)cc4s3)c2)CC1. The van der Waals surface area contributed by atoms with E-state index in [2.05, 4.69) is 25.1 Å². The van der Waals surface area contributed by atoms with Crippen molar-refractivity contribution in [2.24, 2.45) is 0 Å². The lowest BCUT2D eigenvalue weighted by molar-refractivity contribution is -0.127. The summed E-state index contributed by atoms with van der Waals surface area (Å²) >= 11 is 1.32. The average Bonchev–Trinajstić information content (AvgIpc) is 3.13. The second kappa shape index (κ2) is 9.37. The Bertz CT molecular complexity index is 1020. The van der Waals surface area contributed by atoms with E-state index < -0.39 is 12.6 Å². The molecule has 1 saturated heterocycles. The van der Waals surface area contributed by atoms with Gasteiger partial charge >= 0.3 is 6.18 Å². The molecule has 0 radical (unpaired) electrons. The number of halogens is 3. The second-order valence-electron chi connectivity index (χ2n) is 7.46. The van der Waals surface area contributed by atoms with Crippen molar-refractivity contribution in [1.82, 2.24) is 14.9 Å². The number of hydrogen-bond donors (Lipinski definition) is 1. The summed E-state index contributed by atoms with van der Waals surface area (Å²) < 4.78 is 43.8. The molecule has 1 aliphatic rings. The molecule has 0 spiro atoms. The number of pyridine rings is 1. The van der Waals surface area contributed by atoms with Gasteiger partial charge in [-0.2, -0.15) is 13.2 Å². The summed E-state index contributed by atoms with van der Waals surface area (Å²) in [5.74, 6) is 0.661. The number of nitrogens with one attached hydrogen (secondary N) is 1. The third-order valence-electron chi connectivity index (χ3n) is 5.19. The number of fused-ring (bicyclic) bond motifs is 1. The minimum atomic E-state index is -4.22. The van der Waals surface area contributed by atoms with Crippen LogP contribution in [0.25, 0.3) is 10.2 Å². The first kappa shape index (κ1) is 21.8. The number of piperazine rings is 1. The van der Waals surface area contributed by atoms with Crippen LogP contribution in [-0.2, 0) is 11.2 Å². The Morgan fingerprint density at radius 3 is 2.68 bits per heavy atom. The zero-order chi connectivity index (χ0) is 21.8. The van der Waals surface area contributed by atoms with Crippen molar-refractivity contribution in [3.63, 3.8) is 0 Å². The summed E-state index contributed by atoms with van der Waals surface area (Å²) in [6.45, 7) is 5.49. The van der Waals surface area contributed by atoms with Crippen LogP contribution >= 0.6 is 11.3 Å². The first-order valence-corrected chi connectivity index (χ1v) is 10.9. The molecule has 0 aliphatic carbocycles. The van der Waals surface area contributed by atoms with Crippen molar-refractivity contribution in [2.75, 3.05) is 56.7 Å². The van der Waals surface area contributed by atoms with Crippen LogP contribution in [0.4, 0.5) is 29.8 Å². The highest BCUT2D eigenvalue weighted by Crippen LogP contribution is 2.31. The third kappa shape index (κ3) is 5.84. The molecule has 0 unspecified atom stereocenters. The molecular formula is C21H24F3N5OS. The number of rotatable bonds is 7. The molecule has 0 amide bonds. The topological polar surface area (TPSA) is 53.5 Å². The number of anilines is 3. The maximum absolute atomic E-state index is 12.7. The Morgan fingerprint density at radius 1 is 1.13 bits per heavy atom. The predicted octanol–water partition coefficient (Wildman–Crippen LogP) is 4.31. The highest BCUT2D eigenvalue weighted by molar-refractivity contribution is 7.22. The fraction of sp³-hybridized carbons (Fsp3) is 0.429. The lowest BCUT2D eigenvalue weighted by Crippen LogP contribution is -2.47. The molecule has 0 bridgehead atoms. The van der Waals surface area contributed by atoms with Gasteiger partial charge in [0.2, 0.25) is 0 Å². The fourth-order valence-corrected chi connectivity index (χ4v) is 4.54. The Balaban J connectivity index is 1.42. The van der Waals surface area contributed by atoms with Crippen LogP contribution in [0.15, 0.2) is 36.5 Å². The number of benzene rings is 1. The zero-order valence-electron chi connectivity index (χ0n) is 17.2. The minimum Gasteiger partial charge on any atom is -0.383 e. The molecule has 1 N–H and O–H groups in total. The maximum atomic E-state index is 12.7. The molecule has 31 heavy (non-hydrogen) atoms. The number of alkyl halides is 3. The number of methoxy groups -OCH3 is 1. The Kier molecular flexibility index (Phi) is 6.59. The Labute approximate surface area is 182 Å². The highest BCUT2D eigenvalue weighted by atomic mass is 32.1. The van der Waals surface area contributed by atoms with Gasteiger partial charge in [0.05, 0.1) is 23.2 Å². The van der Waals surface area contributed by atoms with E-state index in [4.69, 9.17) is 4.74 Å². The van der Waals surface area contributed by atoms with Crippen LogP contribution in [0.1, 0.15) is 5.56 Å². The number of thiazole rings is 1. The van der Waals surface area contributed by atoms with Gasteiger partial charge in [0, 0.05) is 57.8 Å². The van der Waals surface area contributed by atoms with Crippen molar-refractivity contribution >= 4 is 38.2 Å². The monoisotopic (exact) mass is 451 g/mol. The van der Waals surface area contributed by atoms with Crippen LogP contribution in [0.2, 0.25) is 0 Å². The molecule has 166 valence electrons. The molecule has 3 heterocycles. The average molecular weight is 452 g/mol. The first-order valence-electron chi connectivity index (χ1n) is 10.1. The van der Waals surface area contributed by atoms with Crippen molar-refractivity contribution in [3.8, 4) is 0 Å². The van der Waals surface area contributed by atoms with Gasteiger partial charge in [-0.3, -0.25) is 4.90 Å². The quantitative estimate of drug-likeness (QED) is 0.578. The van der Waals surface area contributed by atoms with E-state index in [1.807, 2.05) is 12.1 Å². The van der Waals surface area contributed by atoms with E-state index in [1.54, 1.807) is 25.4 Å². The van der Waals surface area contributed by atoms with E-state index >= 15 is 0 Å². The maximum Gasteiger partial charge on any atom is 0.393 e. The molecule has 3 aromatic rings. The standard InChI is InChI=1S/C21H24F3N5OS/c1-30-11-10-28-6-8-29(9-7-28)16-4-5-25-19(13-16)27-20-26-17-3-2-15(12-18(17)31-20)14-21(22,23)24/h2-5,12-13H,6-11,14H2,1H3,(H,25,26,27). The molecule has 2 aromatic heterocycles. The van der Waals surface area contributed by atoms with Crippen LogP contribution in [0.5, 0.6) is 0 Å². The van der Waals surface area contributed by atoms with Crippen molar-refractivity contribution < 1.29 is 17.9 Å². The number of nitrogens with zero attached hydrogens (tertiary/aromatic N) is 4. The number of aromatic nitrogens is 2. The lowest BCUT2D eigenvalue weighted by Gasteiger charge is -2.36. The Hall–Kier alpha value is -2.43. The van der Waals surface area contributed by atoms with Gasteiger partial charge in [0.15, 0.2) is 5.13 Å². The van der Waals surface area contributed by atoms with Crippen LogP contribution < -0.4 is 10.2 Å². The van der Waals surface area contributed by atoms with Gasteiger partial charge in [0.1, 0.15) is 5.82 Å². The van der Waals surface area contributed by atoms with Gasteiger partial charge in [-0.1, -0.05) is 17.4 Å². The fourth-order valence-electron chi connectivity index (χ4n) is 3.61. The summed E-state index contributed by atoms with van der Waals surface area (Å²) in [4.78, 5) is 13.6. The van der Waals surface area contributed by atoms with Gasteiger partial charge in [-0.25, -0.2) is 9.97 Å². The summed E-state index contributed by atoms with van der Waals surface area (Å²) in [5, 5.41) is 3.80. The molecule has 1 aliphatic heterocycles. The van der Waals surface area contributed by atoms with Crippen LogP contribution in [0.3, 0.4) is 0 Å². The van der Waals surface area contributed by atoms with E-state index in [1.165, 1.54) is 17.4 Å². The van der Waals surface area contributed by atoms with Crippen LogP contribution in [-0.4, -0.2) is 67.5 Å². The largest absolute Gasteiger partial charge is 0.393 e. The van der Waals surface area contributed by atoms with E-state index in [-0.39, 0.29) is 5.56 Å². The number of hydrogen-bond acceptors (Lipinski definition) is 7. The zero-order valence-corrected chi connectivity index (χ0v) is 18.0. The highest BCUT2D eigenvalue weighted by Gasteiger charge is 2.27. The molecule has 4 rings (SSSR count). The van der Waals surface area contributed by atoms with Crippen molar-refractivity contribution in [3.05, 3.63) is 42.1 Å². The van der Waals surface area contributed by atoms with Crippen molar-refractivity contribution in [1.29, 1.82) is 0 Å². The predicted molar refractivity (Wildman–Crippen MR) is 117 cm³/mol. The first-order chi connectivity index (χ1) is 14.9. The smallest absolute Gasteiger partial charge is 0.383 e. The lowest BCUT2D eigenvalue weighted by atomic mass is 10.1. The summed E-state index contributed by atoms with van der Waals surface area (Å²) in [6, 6.07) is 8.62. The molecule has 10 heteroatoms. The Morgan fingerprint density at radius 2 is 1.94 bits per heavy atom.